The lowest BCUT2D eigenvalue weighted by atomic mass is 9.89. The Labute approximate surface area is 116 Å². The van der Waals surface area contributed by atoms with Crippen molar-refractivity contribution in [2.24, 2.45) is 0 Å². The van der Waals surface area contributed by atoms with Crippen molar-refractivity contribution in [3.63, 3.8) is 0 Å². The second kappa shape index (κ2) is 4.62. The average molecular weight is 277 g/mol. The van der Waals surface area contributed by atoms with Gasteiger partial charge < -0.3 is 5.11 Å². The summed E-state index contributed by atoms with van der Waals surface area (Å²) in [4.78, 5) is 0. The van der Waals surface area contributed by atoms with Crippen molar-refractivity contribution in [2.45, 2.75) is 24.9 Å². The van der Waals surface area contributed by atoms with Crippen LogP contribution in [0, 0.1) is 5.82 Å². The van der Waals surface area contributed by atoms with Crippen LogP contribution < -0.4 is 0 Å². The summed E-state index contributed by atoms with van der Waals surface area (Å²) in [5.41, 5.74) is 1.90. The van der Waals surface area contributed by atoms with Crippen molar-refractivity contribution >= 4 is 11.6 Å². The zero-order valence-electron chi connectivity index (χ0n) is 10.4. The molecule has 0 radical (unpaired) electrons. The molecule has 1 unspecified atom stereocenters. The monoisotopic (exact) mass is 276 g/mol. The minimum absolute atomic E-state index is 0.241. The molecule has 3 rings (SSSR count). The normalized spacial score (nSPS) is 21.4. The van der Waals surface area contributed by atoms with Gasteiger partial charge in [-0.25, -0.2) is 4.39 Å². The second-order valence-electron chi connectivity index (χ2n) is 5.14. The molecule has 0 fully saturated rings. The van der Waals surface area contributed by atoms with Crippen LogP contribution in [-0.4, -0.2) is 5.11 Å². The first kappa shape index (κ1) is 12.6. The lowest BCUT2D eigenvalue weighted by Gasteiger charge is -2.24. The molecular formula is C16H14ClFO. The molecule has 2 aromatic rings. The summed E-state index contributed by atoms with van der Waals surface area (Å²) in [5.74, 6) is -0.241. The predicted octanol–water partition coefficient (Wildman–Crippen LogP) is 3.86. The zero-order valence-corrected chi connectivity index (χ0v) is 11.1. The van der Waals surface area contributed by atoms with Crippen molar-refractivity contribution < 1.29 is 9.50 Å². The minimum atomic E-state index is -0.892. The molecule has 1 N–H and O–H groups in total. The maximum absolute atomic E-state index is 13.2. The van der Waals surface area contributed by atoms with E-state index < -0.39 is 5.60 Å². The fourth-order valence-electron chi connectivity index (χ4n) is 2.82. The van der Waals surface area contributed by atoms with Gasteiger partial charge in [-0.1, -0.05) is 29.8 Å². The topological polar surface area (TPSA) is 20.2 Å². The maximum atomic E-state index is 13.2. The van der Waals surface area contributed by atoms with Crippen LogP contribution in [0.3, 0.4) is 0 Å². The molecule has 0 aliphatic heterocycles. The zero-order chi connectivity index (χ0) is 13.5. The molecule has 0 amide bonds. The summed E-state index contributed by atoms with van der Waals surface area (Å²) in [7, 11) is 0. The highest BCUT2D eigenvalue weighted by atomic mass is 35.5. The SMILES string of the molecule is OC1(Cc2ccc(Cl)cc2)CCc2cc(F)ccc21. The first-order valence-corrected chi connectivity index (χ1v) is 6.70. The van der Waals surface area contributed by atoms with E-state index in [1.807, 2.05) is 24.3 Å². The summed E-state index contributed by atoms with van der Waals surface area (Å²) >= 11 is 5.86. The second-order valence-corrected chi connectivity index (χ2v) is 5.57. The third-order valence-corrected chi connectivity index (χ3v) is 4.04. The molecule has 98 valence electrons. The summed E-state index contributed by atoms with van der Waals surface area (Å²) in [6.07, 6.45) is 1.88. The van der Waals surface area contributed by atoms with Crippen LogP contribution in [0.2, 0.25) is 5.02 Å². The Bertz CT molecular complexity index is 609. The van der Waals surface area contributed by atoms with Crippen LogP contribution in [0.4, 0.5) is 4.39 Å². The van der Waals surface area contributed by atoms with E-state index in [1.54, 1.807) is 6.07 Å². The molecule has 0 saturated carbocycles. The molecule has 1 aliphatic rings. The van der Waals surface area contributed by atoms with Gasteiger partial charge in [0.05, 0.1) is 5.60 Å². The van der Waals surface area contributed by atoms with Crippen molar-refractivity contribution in [3.8, 4) is 0 Å². The quantitative estimate of drug-likeness (QED) is 0.883. The molecule has 0 bridgehead atoms. The van der Waals surface area contributed by atoms with E-state index in [0.717, 1.165) is 23.1 Å². The van der Waals surface area contributed by atoms with Gasteiger partial charge in [0.1, 0.15) is 5.82 Å². The Morgan fingerprint density at radius 1 is 1.16 bits per heavy atom. The molecule has 0 aromatic heterocycles. The Kier molecular flexibility index (Phi) is 3.08. The van der Waals surface area contributed by atoms with Crippen LogP contribution in [0.5, 0.6) is 0 Å². The third kappa shape index (κ3) is 2.38. The van der Waals surface area contributed by atoms with Crippen molar-refractivity contribution in [3.05, 3.63) is 70.0 Å². The van der Waals surface area contributed by atoms with E-state index in [4.69, 9.17) is 11.6 Å². The van der Waals surface area contributed by atoms with Crippen LogP contribution in [0.25, 0.3) is 0 Å². The summed E-state index contributed by atoms with van der Waals surface area (Å²) in [6, 6.07) is 12.1. The van der Waals surface area contributed by atoms with Crippen LogP contribution in [0.1, 0.15) is 23.1 Å². The lowest BCUT2D eigenvalue weighted by Crippen LogP contribution is -2.25. The van der Waals surface area contributed by atoms with E-state index in [-0.39, 0.29) is 5.82 Å². The van der Waals surface area contributed by atoms with E-state index in [0.29, 0.717) is 17.9 Å². The average Bonchev–Trinajstić information content (AvgIpc) is 2.69. The van der Waals surface area contributed by atoms with Crippen molar-refractivity contribution in [1.82, 2.24) is 0 Å². The molecule has 1 atom stereocenters. The van der Waals surface area contributed by atoms with E-state index in [1.165, 1.54) is 12.1 Å². The van der Waals surface area contributed by atoms with E-state index in [2.05, 4.69) is 0 Å². The number of hydrogen-bond acceptors (Lipinski definition) is 1. The molecular weight excluding hydrogens is 263 g/mol. The van der Waals surface area contributed by atoms with Gasteiger partial charge in [0.2, 0.25) is 0 Å². The van der Waals surface area contributed by atoms with E-state index >= 15 is 0 Å². The first-order chi connectivity index (χ1) is 9.07. The number of halogens is 2. The van der Waals surface area contributed by atoms with Gasteiger partial charge in [-0.15, -0.1) is 0 Å². The Hall–Kier alpha value is -1.38. The Balaban J connectivity index is 1.92. The molecule has 0 saturated heterocycles. The van der Waals surface area contributed by atoms with Gasteiger partial charge in [0.25, 0.3) is 0 Å². The highest BCUT2D eigenvalue weighted by Crippen LogP contribution is 2.39. The van der Waals surface area contributed by atoms with Gasteiger partial charge in [-0.3, -0.25) is 0 Å². The Morgan fingerprint density at radius 2 is 1.89 bits per heavy atom. The lowest BCUT2D eigenvalue weighted by molar-refractivity contribution is 0.0389. The molecule has 1 nitrogen and oxygen atoms in total. The predicted molar refractivity (Wildman–Crippen MR) is 73.8 cm³/mol. The number of hydrogen-bond donors (Lipinski definition) is 1. The number of aliphatic hydroxyl groups is 1. The van der Waals surface area contributed by atoms with Gasteiger partial charge in [-0.05, 0) is 53.8 Å². The molecule has 19 heavy (non-hydrogen) atoms. The number of rotatable bonds is 2. The molecule has 3 heteroatoms. The van der Waals surface area contributed by atoms with Crippen LogP contribution in [-0.2, 0) is 18.4 Å². The maximum Gasteiger partial charge on any atom is 0.123 e. The molecule has 2 aromatic carbocycles. The van der Waals surface area contributed by atoms with Gasteiger partial charge in [0.15, 0.2) is 0 Å². The van der Waals surface area contributed by atoms with Gasteiger partial charge in [-0.2, -0.15) is 0 Å². The molecule has 0 heterocycles. The first-order valence-electron chi connectivity index (χ1n) is 6.33. The number of fused-ring (bicyclic) bond motifs is 1. The van der Waals surface area contributed by atoms with Gasteiger partial charge in [0, 0.05) is 11.4 Å². The molecule has 0 spiro atoms. The number of benzene rings is 2. The smallest absolute Gasteiger partial charge is 0.123 e. The van der Waals surface area contributed by atoms with Crippen LogP contribution in [0.15, 0.2) is 42.5 Å². The van der Waals surface area contributed by atoms with Crippen molar-refractivity contribution in [1.29, 1.82) is 0 Å². The number of aryl methyl sites for hydroxylation is 1. The largest absolute Gasteiger partial charge is 0.385 e. The minimum Gasteiger partial charge on any atom is -0.385 e. The van der Waals surface area contributed by atoms with Crippen molar-refractivity contribution in [2.75, 3.05) is 0 Å². The standard InChI is InChI=1S/C16H14ClFO/c17-13-3-1-11(2-4-13)10-16(19)8-7-12-9-14(18)5-6-15(12)16/h1-6,9,19H,7-8,10H2. The highest BCUT2D eigenvalue weighted by Gasteiger charge is 2.36. The summed E-state index contributed by atoms with van der Waals surface area (Å²) in [5, 5.41) is 11.5. The summed E-state index contributed by atoms with van der Waals surface area (Å²) < 4.78 is 13.2. The fraction of sp³-hybridized carbons (Fsp3) is 0.250. The van der Waals surface area contributed by atoms with Gasteiger partial charge >= 0.3 is 0 Å². The Morgan fingerprint density at radius 3 is 2.63 bits per heavy atom. The van der Waals surface area contributed by atoms with Crippen LogP contribution >= 0.6 is 11.6 Å². The third-order valence-electron chi connectivity index (χ3n) is 3.79. The highest BCUT2D eigenvalue weighted by molar-refractivity contribution is 6.30. The fourth-order valence-corrected chi connectivity index (χ4v) is 2.95. The molecule has 1 aliphatic carbocycles. The summed E-state index contributed by atoms with van der Waals surface area (Å²) in [6.45, 7) is 0. The van der Waals surface area contributed by atoms with E-state index in [9.17, 15) is 9.50 Å².